The second-order valence-electron chi connectivity index (χ2n) is 4.95. The fourth-order valence-electron chi connectivity index (χ4n) is 2.43. The van der Waals surface area contributed by atoms with E-state index in [1.165, 1.54) is 0 Å². The first kappa shape index (κ1) is 13.5. The van der Waals surface area contributed by atoms with E-state index in [1.54, 1.807) is 6.92 Å². The molecule has 1 saturated carbocycles. The van der Waals surface area contributed by atoms with Gasteiger partial charge in [0.1, 0.15) is 0 Å². The zero-order valence-electron chi connectivity index (χ0n) is 10.4. The summed E-state index contributed by atoms with van der Waals surface area (Å²) < 4.78 is 0. The van der Waals surface area contributed by atoms with Gasteiger partial charge in [-0.2, -0.15) is 0 Å². The molecule has 4 unspecified atom stereocenters. The monoisotopic (exact) mass is 229 g/mol. The molecule has 94 valence electrons. The van der Waals surface area contributed by atoms with E-state index < -0.39 is 11.9 Å². The predicted molar refractivity (Wildman–Crippen MR) is 62.3 cm³/mol. The van der Waals surface area contributed by atoms with Crippen molar-refractivity contribution in [3.8, 4) is 0 Å². The molecule has 4 heteroatoms. The van der Waals surface area contributed by atoms with Crippen molar-refractivity contribution < 1.29 is 15.0 Å². The Balaban J connectivity index is 2.61. The lowest BCUT2D eigenvalue weighted by molar-refractivity contribution is -0.144. The topological polar surface area (TPSA) is 60.8 Å². The van der Waals surface area contributed by atoms with Gasteiger partial charge in [0, 0.05) is 12.1 Å². The molecule has 0 heterocycles. The molecule has 0 aromatic rings. The highest BCUT2D eigenvalue weighted by Crippen LogP contribution is 2.25. The van der Waals surface area contributed by atoms with E-state index in [0.717, 1.165) is 25.7 Å². The second kappa shape index (κ2) is 5.64. The summed E-state index contributed by atoms with van der Waals surface area (Å²) in [6, 6.07) is 0.0702. The Labute approximate surface area is 97.3 Å². The minimum atomic E-state index is -0.773. The summed E-state index contributed by atoms with van der Waals surface area (Å²) in [7, 11) is 1.92. The SMILES string of the molecule is CC(C(=O)O)C(C)N(C)C1CCCCC1O. The van der Waals surface area contributed by atoms with Crippen LogP contribution < -0.4 is 0 Å². The number of rotatable bonds is 4. The number of nitrogens with zero attached hydrogens (tertiary/aromatic N) is 1. The Morgan fingerprint density at radius 3 is 2.38 bits per heavy atom. The quantitative estimate of drug-likeness (QED) is 0.763. The molecule has 4 atom stereocenters. The first-order chi connectivity index (χ1) is 7.45. The summed E-state index contributed by atoms with van der Waals surface area (Å²) in [4.78, 5) is 13.0. The zero-order chi connectivity index (χ0) is 12.3. The summed E-state index contributed by atoms with van der Waals surface area (Å²) in [5.74, 6) is -1.18. The van der Waals surface area contributed by atoms with Crippen molar-refractivity contribution in [2.24, 2.45) is 5.92 Å². The van der Waals surface area contributed by atoms with E-state index in [1.807, 2.05) is 18.9 Å². The van der Waals surface area contributed by atoms with E-state index in [0.29, 0.717) is 0 Å². The molecule has 0 aromatic carbocycles. The number of carboxylic acid groups (broad SMARTS) is 1. The van der Waals surface area contributed by atoms with Gasteiger partial charge in [0.05, 0.1) is 12.0 Å². The minimum absolute atomic E-state index is 0.0461. The van der Waals surface area contributed by atoms with Crippen LogP contribution in [-0.2, 0) is 4.79 Å². The Morgan fingerprint density at radius 1 is 1.31 bits per heavy atom. The maximum absolute atomic E-state index is 10.9. The lowest BCUT2D eigenvalue weighted by Gasteiger charge is -2.39. The number of aliphatic hydroxyl groups excluding tert-OH is 1. The van der Waals surface area contributed by atoms with Crippen LogP contribution in [0.1, 0.15) is 39.5 Å². The third-order valence-electron chi connectivity index (χ3n) is 3.97. The molecule has 0 saturated heterocycles. The maximum atomic E-state index is 10.9. The largest absolute Gasteiger partial charge is 0.481 e. The minimum Gasteiger partial charge on any atom is -0.481 e. The van der Waals surface area contributed by atoms with Gasteiger partial charge >= 0.3 is 5.97 Å². The summed E-state index contributed by atoms with van der Waals surface area (Å²) in [6.07, 6.45) is 3.70. The van der Waals surface area contributed by atoms with Gasteiger partial charge in [0.2, 0.25) is 0 Å². The van der Waals surface area contributed by atoms with E-state index >= 15 is 0 Å². The number of carboxylic acids is 1. The van der Waals surface area contributed by atoms with Gasteiger partial charge in [0.25, 0.3) is 0 Å². The van der Waals surface area contributed by atoms with Crippen molar-refractivity contribution in [3.63, 3.8) is 0 Å². The fraction of sp³-hybridized carbons (Fsp3) is 0.917. The van der Waals surface area contributed by atoms with Crippen molar-refractivity contribution in [1.82, 2.24) is 4.90 Å². The van der Waals surface area contributed by atoms with Crippen LogP contribution >= 0.6 is 0 Å². The van der Waals surface area contributed by atoms with Crippen molar-refractivity contribution in [2.75, 3.05) is 7.05 Å². The molecule has 1 aliphatic carbocycles. The first-order valence-electron chi connectivity index (χ1n) is 6.08. The van der Waals surface area contributed by atoms with Gasteiger partial charge in [-0.05, 0) is 26.8 Å². The molecule has 0 aliphatic heterocycles. The molecule has 4 nitrogen and oxygen atoms in total. The van der Waals surface area contributed by atoms with Crippen LogP contribution in [0.2, 0.25) is 0 Å². The summed E-state index contributed by atoms with van der Waals surface area (Å²) >= 11 is 0. The molecule has 2 N–H and O–H groups in total. The third kappa shape index (κ3) is 2.95. The number of hydrogen-bond acceptors (Lipinski definition) is 3. The van der Waals surface area contributed by atoms with Crippen LogP contribution in [0, 0.1) is 5.92 Å². The fourth-order valence-corrected chi connectivity index (χ4v) is 2.43. The highest BCUT2D eigenvalue weighted by molar-refractivity contribution is 5.70. The van der Waals surface area contributed by atoms with Crippen LogP contribution in [0.5, 0.6) is 0 Å². The normalized spacial score (nSPS) is 30.1. The van der Waals surface area contributed by atoms with Crippen LogP contribution in [0.25, 0.3) is 0 Å². The average molecular weight is 229 g/mol. The van der Waals surface area contributed by atoms with Crippen molar-refractivity contribution >= 4 is 5.97 Å². The average Bonchev–Trinajstić information content (AvgIpc) is 2.26. The third-order valence-corrected chi connectivity index (χ3v) is 3.97. The highest BCUT2D eigenvalue weighted by atomic mass is 16.4. The molecule has 0 bridgehead atoms. The smallest absolute Gasteiger partial charge is 0.307 e. The summed E-state index contributed by atoms with van der Waals surface area (Å²) in [5.41, 5.74) is 0. The Morgan fingerprint density at radius 2 is 1.88 bits per heavy atom. The Kier molecular flexibility index (Phi) is 4.74. The standard InChI is InChI=1S/C12H23NO3/c1-8(12(15)16)9(2)13(3)10-6-4-5-7-11(10)14/h8-11,14H,4-7H2,1-3H3,(H,15,16). The van der Waals surface area contributed by atoms with E-state index in [2.05, 4.69) is 0 Å². The molecular weight excluding hydrogens is 206 g/mol. The lowest BCUT2D eigenvalue weighted by Crippen LogP contribution is -2.50. The van der Waals surface area contributed by atoms with Crippen molar-refractivity contribution in [3.05, 3.63) is 0 Å². The van der Waals surface area contributed by atoms with Gasteiger partial charge in [-0.3, -0.25) is 9.69 Å². The van der Waals surface area contributed by atoms with Crippen LogP contribution in [0.3, 0.4) is 0 Å². The first-order valence-corrected chi connectivity index (χ1v) is 6.08. The Bertz CT molecular complexity index is 244. The highest BCUT2D eigenvalue weighted by Gasteiger charge is 2.32. The van der Waals surface area contributed by atoms with E-state index in [-0.39, 0.29) is 18.2 Å². The number of hydrogen-bond donors (Lipinski definition) is 2. The zero-order valence-corrected chi connectivity index (χ0v) is 10.4. The number of likely N-dealkylation sites (N-methyl/N-ethyl adjacent to an activating group) is 1. The van der Waals surface area contributed by atoms with E-state index in [4.69, 9.17) is 5.11 Å². The number of carbonyl (C=O) groups is 1. The molecule has 0 aromatic heterocycles. The number of aliphatic hydroxyl groups is 1. The summed E-state index contributed by atoms with van der Waals surface area (Å²) in [6.45, 7) is 3.64. The van der Waals surface area contributed by atoms with Crippen molar-refractivity contribution in [1.29, 1.82) is 0 Å². The number of aliphatic carboxylic acids is 1. The van der Waals surface area contributed by atoms with Gasteiger partial charge in [0.15, 0.2) is 0 Å². The Hall–Kier alpha value is -0.610. The molecule has 0 spiro atoms. The predicted octanol–water partition coefficient (Wildman–Crippen LogP) is 1.33. The van der Waals surface area contributed by atoms with Gasteiger partial charge in [-0.15, -0.1) is 0 Å². The van der Waals surface area contributed by atoms with Gasteiger partial charge < -0.3 is 10.2 Å². The molecular formula is C12H23NO3. The summed E-state index contributed by atoms with van der Waals surface area (Å²) in [5, 5.41) is 18.9. The maximum Gasteiger partial charge on any atom is 0.307 e. The second-order valence-corrected chi connectivity index (χ2v) is 4.95. The molecule has 1 fully saturated rings. The van der Waals surface area contributed by atoms with Crippen molar-refractivity contribution in [2.45, 2.75) is 57.7 Å². The van der Waals surface area contributed by atoms with Crippen LogP contribution in [0.15, 0.2) is 0 Å². The van der Waals surface area contributed by atoms with Gasteiger partial charge in [-0.1, -0.05) is 19.8 Å². The molecule has 0 radical (unpaired) electrons. The van der Waals surface area contributed by atoms with Crippen LogP contribution in [-0.4, -0.2) is 46.3 Å². The van der Waals surface area contributed by atoms with Gasteiger partial charge in [-0.25, -0.2) is 0 Å². The van der Waals surface area contributed by atoms with Crippen LogP contribution in [0.4, 0.5) is 0 Å². The molecule has 16 heavy (non-hydrogen) atoms. The molecule has 0 amide bonds. The molecule has 1 rings (SSSR count). The van der Waals surface area contributed by atoms with E-state index in [9.17, 15) is 9.90 Å². The molecule has 1 aliphatic rings. The lowest BCUT2D eigenvalue weighted by atomic mass is 9.89.